The molecule has 122 valence electrons. The van der Waals surface area contributed by atoms with Crippen LogP contribution in [0.3, 0.4) is 0 Å². The summed E-state index contributed by atoms with van der Waals surface area (Å²) in [6.07, 6.45) is 1.56. The molecule has 0 fully saturated rings. The molecule has 0 aromatic heterocycles. The number of aryl methyl sites for hydroxylation is 1. The molecule has 2 rings (SSSR count). The average Bonchev–Trinajstić information content (AvgIpc) is 2.59. The third-order valence-corrected chi connectivity index (χ3v) is 3.44. The summed E-state index contributed by atoms with van der Waals surface area (Å²) in [5.41, 5.74) is 2.26. The molecule has 2 aromatic rings. The van der Waals surface area contributed by atoms with Gasteiger partial charge in [-0.3, -0.25) is 4.79 Å². The predicted octanol–water partition coefficient (Wildman–Crippen LogP) is 4.19. The largest absolute Gasteiger partial charge is 0.493 e. The van der Waals surface area contributed by atoms with Crippen LogP contribution in [0.25, 0.3) is 6.08 Å². The summed E-state index contributed by atoms with van der Waals surface area (Å²) in [6.45, 7) is 4.28. The Morgan fingerprint density at radius 2 is 2.00 bits per heavy atom. The normalized spacial score (nSPS) is 10.8. The van der Waals surface area contributed by atoms with Crippen LogP contribution in [0.5, 0.6) is 11.5 Å². The minimum Gasteiger partial charge on any atom is -0.493 e. The van der Waals surface area contributed by atoms with E-state index < -0.39 is 0 Å². The van der Waals surface area contributed by atoms with E-state index >= 15 is 0 Å². The van der Waals surface area contributed by atoms with E-state index in [2.05, 4.69) is 0 Å². The minimum absolute atomic E-state index is 0.0771. The molecule has 0 saturated heterocycles. The highest BCUT2D eigenvalue weighted by Crippen LogP contribution is 2.29. The van der Waals surface area contributed by atoms with Crippen molar-refractivity contribution in [2.75, 3.05) is 13.7 Å². The van der Waals surface area contributed by atoms with Gasteiger partial charge in [-0.1, -0.05) is 29.8 Å². The maximum Gasteiger partial charge on any atom is 0.203 e. The fourth-order valence-electron chi connectivity index (χ4n) is 2.31. The highest BCUT2D eigenvalue weighted by molar-refractivity contribution is 6.14. The minimum atomic E-state index is -0.296. The Balaban J connectivity index is 2.38. The molecule has 0 atom stereocenters. The van der Waals surface area contributed by atoms with Crippen LogP contribution >= 0.6 is 0 Å². The molecule has 2 aromatic carbocycles. The van der Waals surface area contributed by atoms with Crippen LogP contribution in [0.15, 0.2) is 48.0 Å². The second-order valence-corrected chi connectivity index (χ2v) is 5.21. The van der Waals surface area contributed by atoms with Crippen molar-refractivity contribution in [3.8, 4) is 17.6 Å². The number of nitrogens with zero attached hydrogens (tertiary/aromatic N) is 1. The highest BCUT2D eigenvalue weighted by Gasteiger charge is 2.13. The Morgan fingerprint density at radius 3 is 2.62 bits per heavy atom. The molecular formula is C20H19NO3. The van der Waals surface area contributed by atoms with Crippen LogP contribution < -0.4 is 9.47 Å². The summed E-state index contributed by atoms with van der Waals surface area (Å²) in [6, 6.07) is 14.5. The van der Waals surface area contributed by atoms with Gasteiger partial charge in [0.2, 0.25) is 5.78 Å². The molecule has 0 N–H and O–H groups in total. The first-order valence-corrected chi connectivity index (χ1v) is 7.63. The molecule has 4 nitrogen and oxygen atoms in total. The Bertz CT molecular complexity index is 816. The van der Waals surface area contributed by atoms with Crippen molar-refractivity contribution in [2.24, 2.45) is 0 Å². The van der Waals surface area contributed by atoms with Crippen molar-refractivity contribution in [3.63, 3.8) is 0 Å². The third-order valence-electron chi connectivity index (χ3n) is 3.44. The van der Waals surface area contributed by atoms with Crippen molar-refractivity contribution in [1.82, 2.24) is 0 Å². The van der Waals surface area contributed by atoms with E-state index in [9.17, 15) is 10.1 Å². The van der Waals surface area contributed by atoms with Gasteiger partial charge in [0.25, 0.3) is 0 Å². The maximum absolute atomic E-state index is 12.5. The van der Waals surface area contributed by atoms with Crippen LogP contribution in [0.4, 0.5) is 0 Å². The zero-order valence-electron chi connectivity index (χ0n) is 14.0. The average molecular weight is 321 g/mol. The topological polar surface area (TPSA) is 59.3 Å². The summed E-state index contributed by atoms with van der Waals surface area (Å²) in [4.78, 5) is 12.5. The number of hydrogen-bond acceptors (Lipinski definition) is 4. The Morgan fingerprint density at radius 1 is 1.21 bits per heavy atom. The van der Waals surface area contributed by atoms with Crippen LogP contribution in [0.1, 0.15) is 28.4 Å². The maximum atomic E-state index is 12.5. The van der Waals surface area contributed by atoms with Gasteiger partial charge in [0, 0.05) is 5.56 Å². The van der Waals surface area contributed by atoms with E-state index in [4.69, 9.17) is 9.47 Å². The summed E-state index contributed by atoms with van der Waals surface area (Å²) in [7, 11) is 1.56. The van der Waals surface area contributed by atoms with Gasteiger partial charge in [0.1, 0.15) is 11.6 Å². The van der Waals surface area contributed by atoms with Gasteiger partial charge in [-0.05, 0) is 43.7 Å². The van der Waals surface area contributed by atoms with E-state index in [1.807, 2.05) is 26.0 Å². The number of nitriles is 1. The smallest absolute Gasteiger partial charge is 0.203 e. The Labute approximate surface area is 141 Å². The van der Waals surface area contributed by atoms with E-state index in [0.29, 0.717) is 29.2 Å². The van der Waals surface area contributed by atoms with Crippen molar-refractivity contribution >= 4 is 11.9 Å². The van der Waals surface area contributed by atoms with E-state index in [-0.39, 0.29) is 11.4 Å². The summed E-state index contributed by atoms with van der Waals surface area (Å²) >= 11 is 0. The van der Waals surface area contributed by atoms with Crippen molar-refractivity contribution in [2.45, 2.75) is 13.8 Å². The molecule has 0 unspecified atom stereocenters. The number of ketones is 1. The van der Waals surface area contributed by atoms with Crippen LogP contribution in [0.2, 0.25) is 0 Å². The first-order chi connectivity index (χ1) is 11.6. The highest BCUT2D eigenvalue weighted by atomic mass is 16.5. The first kappa shape index (κ1) is 17.3. The molecule has 0 aliphatic carbocycles. The lowest BCUT2D eigenvalue weighted by atomic mass is 10.0. The molecule has 4 heteroatoms. The van der Waals surface area contributed by atoms with Crippen LogP contribution in [-0.4, -0.2) is 19.5 Å². The lowest BCUT2D eigenvalue weighted by molar-refractivity contribution is 0.104. The third kappa shape index (κ3) is 4.02. The molecule has 0 amide bonds. The van der Waals surface area contributed by atoms with Crippen molar-refractivity contribution in [3.05, 3.63) is 64.7 Å². The van der Waals surface area contributed by atoms with Crippen molar-refractivity contribution < 1.29 is 14.3 Å². The molecular weight excluding hydrogens is 302 g/mol. The zero-order valence-corrected chi connectivity index (χ0v) is 14.0. The number of benzene rings is 2. The fraction of sp³-hybridized carbons (Fsp3) is 0.200. The van der Waals surface area contributed by atoms with Gasteiger partial charge in [0.05, 0.1) is 13.7 Å². The van der Waals surface area contributed by atoms with Gasteiger partial charge in [-0.25, -0.2) is 0 Å². The molecule has 0 radical (unpaired) electrons. The Hall–Kier alpha value is -3.06. The molecule has 0 spiro atoms. The number of allylic oxidation sites excluding steroid dienone is 1. The van der Waals surface area contributed by atoms with Gasteiger partial charge in [-0.2, -0.15) is 5.26 Å². The van der Waals surface area contributed by atoms with Crippen LogP contribution in [-0.2, 0) is 0 Å². The molecule has 0 bridgehead atoms. The molecule has 0 aliphatic heterocycles. The molecule has 0 aliphatic rings. The van der Waals surface area contributed by atoms with E-state index in [1.165, 1.54) is 0 Å². The first-order valence-electron chi connectivity index (χ1n) is 7.63. The zero-order chi connectivity index (χ0) is 17.5. The summed E-state index contributed by atoms with van der Waals surface area (Å²) in [5, 5.41) is 9.37. The van der Waals surface area contributed by atoms with Crippen molar-refractivity contribution in [1.29, 1.82) is 5.26 Å². The number of carbonyl (C=O) groups is 1. The fourth-order valence-corrected chi connectivity index (χ4v) is 2.31. The van der Waals surface area contributed by atoms with Gasteiger partial charge >= 0.3 is 0 Å². The van der Waals surface area contributed by atoms with E-state index in [0.717, 1.165) is 5.56 Å². The number of methoxy groups -OCH3 is 1. The summed E-state index contributed by atoms with van der Waals surface area (Å²) in [5.74, 6) is 0.890. The van der Waals surface area contributed by atoms with Gasteiger partial charge in [-0.15, -0.1) is 0 Å². The standard InChI is InChI=1S/C20H19NO3/c1-4-24-19-12-15(8-9-18(19)23-3)11-17(13-21)20(22)16-7-5-6-14(2)10-16/h5-12H,4H2,1-3H3/b17-11+. The van der Waals surface area contributed by atoms with E-state index in [1.54, 1.807) is 49.6 Å². The van der Waals surface area contributed by atoms with Gasteiger partial charge in [0.15, 0.2) is 11.5 Å². The molecule has 0 saturated carbocycles. The Kier molecular flexibility index (Phi) is 5.75. The number of rotatable bonds is 6. The second-order valence-electron chi connectivity index (χ2n) is 5.21. The summed E-state index contributed by atoms with van der Waals surface area (Å²) < 4.78 is 10.8. The molecule has 0 heterocycles. The second kappa shape index (κ2) is 7.98. The van der Waals surface area contributed by atoms with Gasteiger partial charge < -0.3 is 9.47 Å². The lowest BCUT2D eigenvalue weighted by Gasteiger charge is -2.10. The quantitative estimate of drug-likeness (QED) is 0.455. The SMILES string of the molecule is CCOc1cc(/C=C(\C#N)C(=O)c2cccc(C)c2)ccc1OC. The number of hydrogen-bond donors (Lipinski definition) is 0. The number of carbonyl (C=O) groups excluding carboxylic acids is 1. The van der Waals surface area contributed by atoms with Crippen LogP contribution in [0, 0.1) is 18.3 Å². The lowest BCUT2D eigenvalue weighted by Crippen LogP contribution is -2.02. The molecule has 24 heavy (non-hydrogen) atoms. The predicted molar refractivity (Wildman–Crippen MR) is 93.3 cm³/mol. The monoisotopic (exact) mass is 321 g/mol. The number of ether oxygens (including phenoxy) is 2. The number of Topliss-reactive ketones (excluding diaryl/α,β-unsaturated/α-hetero) is 1.